The molecule has 10 heavy (non-hydrogen) atoms. The largest absolute Gasteiger partial charge is 0.469 e. The molecule has 0 saturated carbocycles. The molecule has 0 heterocycles. The van der Waals surface area contributed by atoms with Crippen molar-refractivity contribution in [3.8, 4) is 0 Å². The summed E-state index contributed by atoms with van der Waals surface area (Å²) in [7, 11) is 1.27. The van der Waals surface area contributed by atoms with Crippen molar-refractivity contribution in [3.05, 3.63) is 0 Å². The third kappa shape index (κ3) is 3.77. The van der Waals surface area contributed by atoms with Crippen LogP contribution in [-0.2, 0) is 14.3 Å². The van der Waals surface area contributed by atoms with Crippen molar-refractivity contribution in [2.24, 2.45) is 4.99 Å². The van der Waals surface area contributed by atoms with Crippen LogP contribution in [0.3, 0.4) is 0 Å². The summed E-state index contributed by atoms with van der Waals surface area (Å²) >= 11 is 0. The molecular weight excluding hydrogens is 134 g/mol. The molecule has 0 aliphatic carbocycles. The van der Waals surface area contributed by atoms with Gasteiger partial charge in [0.25, 0.3) is 0 Å². The average molecular weight is 143 g/mol. The maximum atomic E-state index is 10.4. The Morgan fingerprint density at radius 3 is 2.50 bits per heavy atom. The molecule has 4 nitrogen and oxygen atoms in total. The quantitative estimate of drug-likeness (QED) is 0.418. The van der Waals surface area contributed by atoms with E-state index in [4.69, 9.17) is 0 Å². The summed E-state index contributed by atoms with van der Waals surface area (Å²) in [6.45, 7) is 3.01. The lowest BCUT2D eigenvalue weighted by atomic mass is 10.3. The van der Waals surface area contributed by atoms with Gasteiger partial charge in [-0.25, -0.2) is 4.99 Å². The molecular formula is C6H9NO3. The van der Waals surface area contributed by atoms with E-state index >= 15 is 0 Å². The molecule has 0 bridgehead atoms. The van der Waals surface area contributed by atoms with Crippen LogP contribution in [0.1, 0.15) is 12.8 Å². The third-order valence-corrected chi connectivity index (χ3v) is 0.947. The minimum absolute atomic E-state index is 0.0777. The molecule has 0 atom stereocenters. The van der Waals surface area contributed by atoms with Gasteiger partial charge in [-0.2, -0.15) is 0 Å². The molecule has 0 aromatic carbocycles. The van der Waals surface area contributed by atoms with Gasteiger partial charge in [0, 0.05) is 6.42 Å². The molecule has 0 aliphatic heterocycles. The number of carbonyl (C=O) groups is 2. The van der Waals surface area contributed by atoms with Crippen molar-refractivity contribution in [1.29, 1.82) is 0 Å². The summed E-state index contributed by atoms with van der Waals surface area (Å²) in [4.78, 5) is 23.9. The molecule has 0 spiro atoms. The SMILES string of the molecule is C=NC(=O)CCC(=O)OC. The van der Waals surface area contributed by atoms with Gasteiger partial charge in [0.15, 0.2) is 0 Å². The van der Waals surface area contributed by atoms with Crippen molar-refractivity contribution in [3.63, 3.8) is 0 Å². The third-order valence-electron chi connectivity index (χ3n) is 0.947. The number of nitrogens with zero attached hydrogens (tertiary/aromatic N) is 1. The highest BCUT2D eigenvalue weighted by atomic mass is 16.5. The molecule has 0 aromatic rings. The molecule has 0 rings (SSSR count). The standard InChI is InChI=1S/C6H9NO3/c1-7-5(8)3-4-6(9)10-2/h1,3-4H2,2H3. The molecule has 56 valence electrons. The number of hydrogen-bond acceptors (Lipinski definition) is 3. The number of amides is 1. The van der Waals surface area contributed by atoms with Crippen LogP contribution in [0.2, 0.25) is 0 Å². The van der Waals surface area contributed by atoms with Crippen molar-refractivity contribution in [1.82, 2.24) is 0 Å². The topological polar surface area (TPSA) is 55.7 Å². The molecule has 0 saturated heterocycles. The summed E-state index contributed by atoms with van der Waals surface area (Å²) in [5, 5.41) is 0. The summed E-state index contributed by atoms with van der Waals surface area (Å²) in [6, 6.07) is 0. The first-order valence-corrected chi connectivity index (χ1v) is 2.77. The molecule has 0 aromatic heterocycles. The molecule has 0 aliphatic rings. The first-order valence-electron chi connectivity index (χ1n) is 2.77. The lowest BCUT2D eigenvalue weighted by Crippen LogP contribution is -2.03. The van der Waals surface area contributed by atoms with Gasteiger partial charge in [0.05, 0.1) is 13.5 Å². The van der Waals surface area contributed by atoms with Crippen molar-refractivity contribution < 1.29 is 14.3 Å². The van der Waals surface area contributed by atoms with Crippen molar-refractivity contribution in [2.75, 3.05) is 7.11 Å². The normalized spacial score (nSPS) is 8.50. The highest BCUT2D eigenvalue weighted by Crippen LogP contribution is 1.92. The van der Waals surface area contributed by atoms with Crippen LogP contribution in [-0.4, -0.2) is 25.7 Å². The van der Waals surface area contributed by atoms with Crippen LogP contribution >= 0.6 is 0 Å². The van der Waals surface area contributed by atoms with E-state index in [0.717, 1.165) is 0 Å². The van der Waals surface area contributed by atoms with E-state index in [1.807, 2.05) is 0 Å². The molecule has 4 heteroatoms. The second-order valence-electron chi connectivity index (χ2n) is 1.63. The number of rotatable bonds is 3. The zero-order valence-corrected chi connectivity index (χ0v) is 5.79. The van der Waals surface area contributed by atoms with Gasteiger partial charge < -0.3 is 4.74 Å². The lowest BCUT2D eigenvalue weighted by Gasteiger charge is -1.93. The van der Waals surface area contributed by atoms with Crippen LogP contribution in [0.15, 0.2) is 4.99 Å². The van der Waals surface area contributed by atoms with Crippen LogP contribution in [0, 0.1) is 0 Å². The summed E-state index contributed by atoms with van der Waals surface area (Å²) in [5.74, 6) is -0.789. The van der Waals surface area contributed by atoms with Gasteiger partial charge in [-0.05, 0) is 6.72 Å². The highest BCUT2D eigenvalue weighted by molar-refractivity contribution is 5.84. The zero-order valence-electron chi connectivity index (χ0n) is 5.79. The number of ether oxygens (including phenoxy) is 1. The lowest BCUT2D eigenvalue weighted by molar-refractivity contribution is -0.141. The second-order valence-corrected chi connectivity index (χ2v) is 1.63. The zero-order chi connectivity index (χ0) is 7.98. The van der Waals surface area contributed by atoms with Crippen LogP contribution < -0.4 is 0 Å². The van der Waals surface area contributed by atoms with Gasteiger partial charge in [0.1, 0.15) is 0 Å². The Morgan fingerprint density at radius 1 is 1.50 bits per heavy atom. The predicted octanol–water partition coefficient (Wildman–Crippen LogP) is 0.167. The van der Waals surface area contributed by atoms with E-state index in [-0.39, 0.29) is 18.7 Å². The number of carbonyl (C=O) groups excluding carboxylic acids is 2. The number of hydrogen-bond donors (Lipinski definition) is 0. The maximum Gasteiger partial charge on any atom is 0.306 e. The average Bonchev–Trinajstić information content (AvgIpc) is 1.99. The number of aliphatic imine (C=N–C) groups is 1. The summed E-state index contributed by atoms with van der Waals surface area (Å²) in [5.41, 5.74) is 0. The summed E-state index contributed by atoms with van der Waals surface area (Å²) in [6.07, 6.45) is 0.157. The fraction of sp³-hybridized carbons (Fsp3) is 0.500. The van der Waals surface area contributed by atoms with Crippen molar-refractivity contribution in [2.45, 2.75) is 12.8 Å². The van der Waals surface area contributed by atoms with Gasteiger partial charge in [-0.15, -0.1) is 0 Å². The Labute approximate surface area is 58.9 Å². The van der Waals surface area contributed by atoms with Gasteiger partial charge in [-0.1, -0.05) is 0 Å². The number of methoxy groups -OCH3 is 1. The van der Waals surface area contributed by atoms with Crippen LogP contribution in [0.4, 0.5) is 0 Å². The maximum absolute atomic E-state index is 10.4. The summed E-state index contributed by atoms with van der Waals surface area (Å²) < 4.78 is 4.29. The van der Waals surface area contributed by atoms with Gasteiger partial charge >= 0.3 is 5.97 Å². The fourth-order valence-corrected chi connectivity index (χ4v) is 0.390. The smallest absolute Gasteiger partial charge is 0.306 e. The first-order chi connectivity index (χ1) is 4.70. The van der Waals surface area contributed by atoms with E-state index in [0.29, 0.717) is 0 Å². The molecule has 0 radical (unpaired) electrons. The van der Waals surface area contributed by atoms with Crippen molar-refractivity contribution >= 4 is 18.6 Å². The van der Waals surface area contributed by atoms with Gasteiger partial charge in [-0.3, -0.25) is 9.59 Å². The van der Waals surface area contributed by atoms with Gasteiger partial charge in [0.2, 0.25) is 5.91 Å². The Kier molecular flexibility index (Phi) is 4.11. The Bertz CT molecular complexity index is 153. The van der Waals surface area contributed by atoms with E-state index < -0.39 is 5.97 Å². The fourth-order valence-electron chi connectivity index (χ4n) is 0.390. The second kappa shape index (κ2) is 4.67. The minimum atomic E-state index is -0.406. The molecule has 0 N–H and O–H groups in total. The van der Waals surface area contributed by atoms with E-state index in [2.05, 4.69) is 16.4 Å². The number of esters is 1. The molecule has 0 unspecified atom stereocenters. The Hall–Kier alpha value is -1.19. The van der Waals surface area contributed by atoms with E-state index in [1.54, 1.807) is 0 Å². The van der Waals surface area contributed by atoms with E-state index in [9.17, 15) is 9.59 Å². The first kappa shape index (κ1) is 8.81. The van der Waals surface area contributed by atoms with E-state index in [1.165, 1.54) is 7.11 Å². The Balaban J connectivity index is 3.44. The molecule has 1 amide bonds. The monoisotopic (exact) mass is 143 g/mol. The predicted molar refractivity (Wildman–Crippen MR) is 35.8 cm³/mol. The van der Waals surface area contributed by atoms with Crippen LogP contribution in [0.25, 0.3) is 0 Å². The Morgan fingerprint density at radius 2 is 2.10 bits per heavy atom. The molecule has 0 fully saturated rings. The highest BCUT2D eigenvalue weighted by Gasteiger charge is 2.03. The minimum Gasteiger partial charge on any atom is -0.469 e. The van der Waals surface area contributed by atoms with Crippen LogP contribution in [0.5, 0.6) is 0 Å².